The number of nitro groups is 1. The third-order valence-corrected chi connectivity index (χ3v) is 5.03. The van der Waals surface area contributed by atoms with E-state index in [9.17, 15) is 19.7 Å². The van der Waals surface area contributed by atoms with E-state index in [1.165, 1.54) is 17.0 Å². The van der Waals surface area contributed by atoms with E-state index in [4.69, 9.17) is 4.74 Å². The van der Waals surface area contributed by atoms with Crippen molar-refractivity contribution in [1.29, 1.82) is 0 Å². The fraction of sp³-hybridized carbons (Fsp3) is 0.381. The van der Waals surface area contributed by atoms with Gasteiger partial charge in [0.15, 0.2) is 11.4 Å². The first-order valence-corrected chi connectivity index (χ1v) is 9.49. The molecule has 1 aliphatic heterocycles. The van der Waals surface area contributed by atoms with E-state index in [0.29, 0.717) is 5.69 Å². The van der Waals surface area contributed by atoms with E-state index >= 15 is 0 Å². The number of hydrogen-bond acceptors (Lipinski definition) is 6. The van der Waals surface area contributed by atoms with Gasteiger partial charge in [-0.3, -0.25) is 14.5 Å². The van der Waals surface area contributed by atoms with Crippen molar-refractivity contribution in [2.24, 2.45) is 0 Å². The fourth-order valence-electron chi connectivity index (χ4n) is 3.57. The molecule has 0 radical (unpaired) electrons. The molecule has 0 aliphatic carbocycles. The lowest BCUT2D eigenvalue weighted by atomic mass is 10.0. The van der Waals surface area contributed by atoms with Crippen LogP contribution in [-0.2, 0) is 9.59 Å². The largest absolute Gasteiger partial charge is 0.472 e. The van der Waals surface area contributed by atoms with Gasteiger partial charge in [-0.15, -0.1) is 0 Å². The van der Waals surface area contributed by atoms with E-state index in [-0.39, 0.29) is 11.6 Å². The third-order valence-electron chi connectivity index (χ3n) is 5.03. The number of nitrogens with one attached hydrogen (secondary N) is 1. The normalized spacial score (nSPS) is 15.8. The second kappa shape index (κ2) is 7.40. The van der Waals surface area contributed by atoms with Gasteiger partial charge in [0, 0.05) is 11.8 Å². The second-order valence-electron chi connectivity index (χ2n) is 7.97. The Morgan fingerprint density at radius 2 is 1.83 bits per heavy atom. The van der Waals surface area contributed by atoms with Crippen LogP contribution in [0.2, 0.25) is 0 Å². The van der Waals surface area contributed by atoms with Gasteiger partial charge in [0.1, 0.15) is 6.04 Å². The lowest BCUT2D eigenvalue weighted by molar-refractivity contribution is -0.389. The highest BCUT2D eigenvalue weighted by atomic mass is 16.6. The SMILES string of the molecule is Cc1cc(C)c(NC(=O)C(C)N2C(=O)C(C)(C)Oc3ccc([N+](=O)[O-])nc32)c(C)c1. The van der Waals surface area contributed by atoms with Gasteiger partial charge in [0.05, 0.1) is 0 Å². The van der Waals surface area contributed by atoms with Crippen LogP contribution in [0.4, 0.5) is 17.3 Å². The van der Waals surface area contributed by atoms with E-state index in [0.717, 1.165) is 16.7 Å². The molecule has 0 bridgehead atoms. The van der Waals surface area contributed by atoms with Crippen molar-refractivity contribution in [2.45, 2.75) is 53.2 Å². The summed E-state index contributed by atoms with van der Waals surface area (Å²) in [4.78, 5) is 41.8. The Morgan fingerprint density at radius 1 is 1.23 bits per heavy atom. The van der Waals surface area contributed by atoms with Crippen LogP contribution >= 0.6 is 0 Å². The quantitative estimate of drug-likeness (QED) is 0.608. The van der Waals surface area contributed by atoms with Crippen LogP contribution in [0.1, 0.15) is 37.5 Å². The number of amides is 2. The summed E-state index contributed by atoms with van der Waals surface area (Å²) in [5.41, 5.74) is 2.29. The highest BCUT2D eigenvalue weighted by Gasteiger charge is 2.47. The van der Waals surface area contributed by atoms with Crippen LogP contribution in [0.5, 0.6) is 5.75 Å². The molecule has 0 fully saturated rings. The maximum absolute atomic E-state index is 13.1. The number of carbonyl (C=O) groups excluding carboxylic acids is 2. The van der Waals surface area contributed by atoms with Crippen LogP contribution in [-0.4, -0.2) is 33.4 Å². The maximum atomic E-state index is 13.1. The van der Waals surface area contributed by atoms with Crippen LogP contribution < -0.4 is 15.0 Å². The molecule has 1 atom stereocenters. The molecule has 9 heteroatoms. The van der Waals surface area contributed by atoms with Gasteiger partial charge in [-0.25, -0.2) is 0 Å². The summed E-state index contributed by atoms with van der Waals surface area (Å²) >= 11 is 0. The average molecular weight is 412 g/mol. The number of aryl methyl sites for hydroxylation is 3. The van der Waals surface area contributed by atoms with Gasteiger partial charge in [0.25, 0.3) is 11.7 Å². The molecule has 1 aromatic carbocycles. The second-order valence-corrected chi connectivity index (χ2v) is 7.97. The minimum Gasteiger partial charge on any atom is -0.472 e. The number of rotatable bonds is 4. The predicted octanol–water partition coefficient (Wildman–Crippen LogP) is 3.45. The molecule has 0 saturated carbocycles. The summed E-state index contributed by atoms with van der Waals surface area (Å²) in [5, 5.41) is 14.1. The zero-order chi connectivity index (χ0) is 22.4. The number of aromatic nitrogens is 1. The van der Waals surface area contributed by atoms with Crippen molar-refractivity contribution in [3.8, 4) is 5.75 Å². The lowest BCUT2D eigenvalue weighted by Gasteiger charge is -2.38. The Bertz CT molecular complexity index is 1040. The first-order valence-electron chi connectivity index (χ1n) is 9.49. The Kier molecular flexibility index (Phi) is 5.23. The summed E-state index contributed by atoms with van der Waals surface area (Å²) < 4.78 is 5.69. The predicted molar refractivity (Wildman–Crippen MR) is 112 cm³/mol. The molecular formula is C21H24N4O5. The summed E-state index contributed by atoms with van der Waals surface area (Å²) in [6.07, 6.45) is 0. The Balaban J connectivity index is 2.01. The molecule has 3 rings (SSSR count). The molecule has 30 heavy (non-hydrogen) atoms. The van der Waals surface area contributed by atoms with Gasteiger partial charge in [0.2, 0.25) is 5.91 Å². The van der Waals surface area contributed by atoms with Crippen molar-refractivity contribution in [3.05, 3.63) is 51.1 Å². The molecule has 0 spiro atoms. The van der Waals surface area contributed by atoms with Gasteiger partial charge < -0.3 is 20.2 Å². The molecule has 1 unspecified atom stereocenters. The average Bonchev–Trinajstić information content (AvgIpc) is 2.64. The van der Waals surface area contributed by atoms with E-state index in [1.54, 1.807) is 20.8 Å². The summed E-state index contributed by atoms with van der Waals surface area (Å²) in [7, 11) is 0. The number of benzene rings is 1. The minimum absolute atomic E-state index is 0.0477. The lowest BCUT2D eigenvalue weighted by Crippen LogP contribution is -2.58. The van der Waals surface area contributed by atoms with Gasteiger partial charge in [-0.2, -0.15) is 0 Å². The molecule has 158 valence electrons. The van der Waals surface area contributed by atoms with Crippen LogP contribution in [0.3, 0.4) is 0 Å². The molecule has 0 saturated heterocycles. The Hall–Kier alpha value is -3.49. The zero-order valence-corrected chi connectivity index (χ0v) is 17.8. The number of ether oxygens (including phenoxy) is 1. The number of carbonyl (C=O) groups is 2. The monoisotopic (exact) mass is 412 g/mol. The molecule has 1 aliphatic rings. The van der Waals surface area contributed by atoms with Crippen LogP contribution in [0.15, 0.2) is 24.3 Å². The minimum atomic E-state index is -1.25. The van der Waals surface area contributed by atoms with Gasteiger partial charge >= 0.3 is 5.82 Å². The summed E-state index contributed by atoms with van der Waals surface area (Å²) in [5.74, 6) is -1.23. The summed E-state index contributed by atoms with van der Waals surface area (Å²) in [6, 6.07) is 5.52. The highest BCUT2D eigenvalue weighted by Crippen LogP contribution is 2.39. The van der Waals surface area contributed by atoms with Crippen LogP contribution in [0.25, 0.3) is 0 Å². The zero-order valence-electron chi connectivity index (χ0n) is 17.8. The molecule has 1 N–H and O–H groups in total. The van der Waals surface area contributed by atoms with E-state index < -0.39 is 34.2 Å². The van der Waals surface area contributed by atoms with Crippen molar-refractivity contribution in [3.63, 3.8) is 0 Å². The molecule has 2 aromatic rings. The molecule has 9 nitrogen and oxygen atoms in total. The third kappa shape index (κ3) is 3.70. The topological polar surface area (TPSA) is 115 Å². The number of nitrogens with zero attached hydrogens (tertiary/aromatic N) is 3. The molecule has 1 aromatic heterocycles. The Labute approximate surface area is 174 Å². The first kappa shape index (κ1) is 21.2. The number of pyridine rings is 1. The fourth-order valence-corrected chi connectivity index (χ4v) is 3.57. The standard InChI is InChI=1S/C21H24N4O5/c1-11-9-12(2)17(13(3)10-11)23-19(26)14(4)24-18-15(30-21(5,6)20(24)27)7-8-16(22-18)25(28)29/h7-10,14H,1-6H3,(H,23,26). The Morgan fingerprint density at radius 3 is 2.40 bits per heavy atom. The van der Waals surface area contributed by atoms with Crippen LogP contribution in [0, 0.1) is 30.9 Å². The summed E-state index contributed by atoms with van der Waals surface area (Å²) in [6.45, 7) is 10.5. The number of fused-ring (bicyclic) bond motifs is 1. The van der Waals surface area contributed by atoms with Crippen molar-refractivity contribution >= 4 is 29.1 Å². The van der Waals surface area contributed by atoms with E-state index in [1.807, 2.05) is 32.9 Å². The number of hydrogen-bond donors (Lipinski definition) is 1. The maximum Gasteiger partial charge on any atom is 0.366 e. The molecule has 2 heterocycles. The highest BCUT2D eigenvalue weighted by molar-refractivity contribution is 6.09. The van der Waals surface area contributed by atoms with Gasteiger partial charge in [-0.05, 0) is 68.6 Å². The van der Waals surface area contributed by atoms with Crippen molar-refractivity contribution in [1.82, 2.24) is 4.98 Å². The van der Waals surface area contributed by atoms with Crippen molar-refractivity contribution in [2.75, 3.05) is 10.2 Å². The molecule has 2 amide bonds. The van der Waals surface area contributed by atoms with Crippen molar-refractivity contribution < 1.29 is 19.2 Å². The smallest absolute Gasteiger partial charge is 0.366 e. The number of anilines is 2. The van der Waals surface area contributed by atoms with Gasteiger partial charge in [-0.1, -0.05) is 17.7 Å². The molecular weight excluding hydrogens is 388 g/mol. The van der Waals surface area contributed by atoms with E-state index in [2.05, 4.69) is 10.3 Å². The first-order chi connectivity index (χ1) is 13.9.